The van der Waals surface area contributed by atoms with E-state index in [4.69, 9.17) is 4.74 Å². The van der Waals surface area contributed by atoms with Crippen LogP contribution in [0.25, 0.3) is 21.8 Å². The lowest BCUT2D eigenvalue weighted by molar-refractivity contribution is -0.138. The lowest BCUT2D eigenvalue weighted by Gasteiger charge is -2.31. The highest BCUT2D eigenvalue weighted by Crippen LogP contribution is 2.19. The Morgan fingerprint density at radius 1 is 1.08 bits per heavy atom. The van der Waals surface area contributed by atoms with Crippen molar-refractivity contribution in [3.63, 3.8) is 0 Å². The number of hydrogen-bond acceptors (Lipinski definition) is 3. The highest BCUT2D eigenvalue weighted by atomic mass is 16.5. The third-order valence-electron chi connectivity index (χ3n) is 4.77. The molecule has 0 bridgehead atoms. The topological polar surface area (TPSA) is 51.5 Å². The van der Waals surface area contributed by atoms with Crippen LogP contribution in [0.15, 0.2) is 53.3 Å². The number of carbonyl (C=O) groups excluding carboxylic acids is 1. The Hall–Kier alpha value is -2.66. The summed E-state index contributed by atoms with van der Waals surface area (Å²) >= 11 is 0. The highest BCUT2D eigenvalue weighted by molar-refractivity contribution is 5.94. The van der Waals surface area contributed by atoms with Gasteiger partial charge in [-0.05, 0) is 31.2 Å². The summed E-state index contributed by atoms with van der Waals surface area (Å²) in [6, 6.07) is 15.0. The molecule has 0 aliphatic carbocycles. The van der Waals surface area contributed by atoms with Gasteiger partial charge in [0, 0.05) is 23.9 Å². The van der Waals surface area contributed by atoms with Gasteiger partial charge in [-0.1, -0.05) is 24.3 Å². The molecule has 0 radical (unpaired) electrons. The van der Waals surface area contributed by atoms with Crippen LogP contribution in [0.2, 0.25) is 0 Å². The molecule has 128 valence electrons. The first kappa shape index (κ1) is 15.8. The standard InChI is InChI=1S/C20H20N2O3/c1-14-12-21(10-11-25-14)19(23)13-22-17-8-4-2-6-15(17)20(24)16-7-3-5-9-18(16)22/h2-9,14H,10-13H2,1H3/t14-/m1/s1. The second kappa shape index (κ2) is 6.33. The van der Waals surface area contributed by atoms with Gasteiger partial charge in [0.25, 0.3) is 0 Å². The Morgan fingerprint density at radius 2 is 1.68 bits per heavy atom. The summed E-state index contributed by atoms with van der Waals surface area (Å²) in [7, 11) is 0. The number of hydrogen-bond donors (Lipinski definition) is 0. The van der Waals surface area contributed by atoms with Crippen molar-refractivity contribution in [2.75, 3.05) is 19.7 Å². The van der Waals surface area contributed by atoms with E-state index in [9.17, 15) is 9.59 Å². The predicted octanol–water partition coefficient (Wildman–Crippen LogP) is 2.40. The summed E-state index contributed by atoms with van der Waals surface area (Å²) in [5.74, 6) is 0.0501. The zero-order valence-corrected chi connectivity index (χ0v) is 14.1. The van der Waals surface area contributed by atoms with Crippen molar-refractivity contribution >= 4 is 27.7 Å². The highest BCUT2D eigenvalue weighted by Gasteiger charge is 2.22. The summed E-state index contributed by atoms with van der Waals surface area (Å²) in [5, 5.41) is 1.29. The first-order chi connectivity index (χ1) is 12.1. The van der Waals surface area contributed by atoms with E-state index in [1.165, 1.54) is 0 Å². The van der Waals surface area contributed by atoms with Crippen LogP contribution in [-0.2, 0) is 16.1 Å². The number of amides is 1. The van der Waals surface area contributed by atoms with E-state index in [-0.39, 0.29) is 24.0 Å². The van der Waals surface area contributed by atoms with Gasteiger partial charge in [-0.15, -0.1) is 0 Å². The molecule has 1 atom stereocenters. The van der Waals surface area contributed by atoms with Crippen LogP contribution in [0.1, 0.15) is 6.92 Å². The zero-order chi connectivity index (χ0) is 17.4. The molecular formula is C20H20N2O3. The number of aromatic nitrogens is 1. The van der Waals surface area contributed by atoms with Crippen LogP contribution >= 0.6 is 0 Å². The molecule has 1 aromatic heterocycles. The van der Waals surface area contributed by atoms with Crippen molar-refractivity contribution < 1.29 is 9.53 Å². The van der Waals surface area contributed by atoms with Gasteiger partial charge in [0.1, 0.15) is 6.54 Å². The lowest BCUT2D eigenvalue weighted by Crippen LogP contribution is -2.45. The smallest absolute Gasteiger partial charge is 0.242 e. The molecule has 5 nitrogen and oxygen atoms in total. The largest absolute Gasteiger partial charge is 0.375 e. The fourth-order valence-electron chi connectivity index (χ4n) is 3.53. The second-order valence-corrected chi connectivity index (χ2v) is 6.47. The summed E-state index contributed by atoms with van der Waals surface area (Å²) < 4.78 is 7.48. The van der Waals surface area contributed by atoms with Crippen molar-refractivity contribution in [1.29, 1.82) is 0 Å². The van der Waals surface area contributed by atoms with E-state index in [0.717, 1.165) is 11.0 Å². The van der Waals surface area contributed by atoms with Crippen LogP contribution < -0.4 is 5.43 Å². The molecule has 1 aliphatic rings. The molecule has 3 aromatic rings. The first-order valence-electron chi connectivity index (χ1n) is 8.55. The second-order valence-electron chi connectivity index (χ2n) is 6.47. The van der Waals surface area contributed by atoms with E-state index >= 15 is 0 Å². The number of ether oxygens (including phenoxy) is 1. The van der Waals surface area contributed by atoms with E-state index in [0.29, 0.717) is 30.5 Å². The number of morpholine rings is 1. The van der Waals surface area contributed by atoms with Gasteiger partial charge in [0.05, 0.1) is 23.7 Å². The van der Waals surface area contributed by atoms with Crippen LogP contribution in [0.3, 0.4) is 0 Å². The fourth-order valence-corrected chi connectivity index (χ4v) is 3.53. The van der Waals surface area contributed by atoms with Gasteiger partial charge in [0.2, 0.25) is 5.91 Å². The molecule has 2 aromatic carbocycles. The minimum atomic E-state index is 0.00916. The number of rotatable bonds is 2. The van der Waals surface area contributed by atoms with Gasteiger partial charge < -0.3 is 14.2 Å². The SMILES string of the molecule is C[C@@H]1CN(C(=O)Cn2c3ccccc3c(=O)c3ccccc32)CCO1. The Labute approximate surface area is 145 Å². The van der Waals surface area contributed by atoms with Crippen molar-refractivity contribution in [2.45, 2.75) is 19.6 Å². The number of benzene rings is 2. The third kappa shape index (κ3) is 2.81. The van der Waals surface area contributed by atoms with E-state index in [1.54, 1.807) is 0 Å². The average Bonchev–Trinajstić information content (AvgIpc) is 2.65. The van der Waals surface area contributed by atoms with Gasteiger partial charge >= 0.3 is 0 Å². The monoisotopic (exact) mass is 336 g/mol. The minimum Gasteiger partial charge on any atom is -0.375 e. The summed E-state index contributed by atoms with van der Waals surface area (Å²) in [4.78, 5) is 27.4. The summed E-state index contributed by atoms with van der Waals surface area (Å²) in [5.41, 5.74) is 1.59. The molecule has 0 spiro atoms. The fraction of sp³-hybridized carbons (Fsp3) is 0.300. The third-order valence-corrected chi connectivity index (χ3v) is 4.77. The Morgan fingerprint density at radius 3 is 2.28 bits per heavy atom. The Balaban J connectivity index is 1.83. The Bertz CT molecular complexity index is 949. The molecule has 25 heavy (non-hydrogen) atoms. The minimum absolute atomic E-state index is 0.00916. The van der Waals surface area contributed by atoms with Gasteiger partial charge in [-0.2, -0.15) is 0 Å². The molecule has 2 heterocycles. The molecule has 4 rings (SSSR count). The lowest BCUT2D eigenvalue weighted by atomic mass is 10.1. The molecule has 1 amide bonds. The van der Waals surface area contributed by atoms with Crippen molar-refractivity contribution in [3.05, 3.63) is 58.8 Å². The Kier molecular flexibility index (Phi) is 4.01. The van der Waals surface area contributed by atoms with Crippen molar-refractivity contribution in [3.8, 4) is 0 Å². The van der Waals surface area contributed by atoms with Crippen LogP contribution in [0.5, 0.6) is 0 Å². The van der Waals surface area contributed by atoms with E-state index < -0.39 is 0 Å². The molecule has 1 saturated heterocycles. The number of para-hydroxylation sites is 2. The number of fused-ring (bicyclic) bond motifs is 2. The van der Waals surface area contributed by atoms with Crippen molar-refractivity contribution in [2.24, 2.45) is 0 Å². The predicted molar refractivity (Wildman–Crippen MR) is 97.7 cm³/mol. The maximum absolute atomic E-state index is 12.9. The average molecular weight is 336 g/mol. The molecule has 0 saturated carbocycles. The molecule has 0 N–H and O–H groups in total. The number of pyridine rings is 1. The van der Waals surface area contributed by atoms with E-state index in [2.05, 4.69) is 0 Å². The molecule has 5 heteroatoms. The number of nitrogens with zero attached hydrogens (tertiary/aromatic N) is 2. The zero-order valence-electron chi connectivity index (χ0n) is 14.1. The first-order valence-corrected chi connectivity index (χ1v) is 8.55. The number of carbonyl (C=O) groups is 1. The van der Waals surface area contributed by atoms with E-state index in [1.807, 2.05) is 64.9 Å². The summed E-state index contributed by atoms with van der Waals surface area (Å²) in [6.45, 7) is 3.98. The van der Waals surface area contributed by atoms with Crippen LogP contribution in [0.4, 0.5) is 0 Å². The molecule has 1 aliphatic heterocycles. The molecule has 1 fully saturated rings. The quantitative estimate of drug-likeness (QED) is 0.675. The normalized spacial score (nSPS) is 18.0. The summed E-state index contributed by atoms with van der Waals surface area (Å²) in [6.07, 6.45) is 0.0557. The van der Waals surface area contributed by atoms with Gasteiger partial charge in [-0.3, -0.25) is 9.59 Å². The molecule has 0 unspecified atom stereocenters. The maximum atomic E-state index is 12.9. The van der Waals surface area contributed by atoms with Gasteiger partial charge in [-0.25, -0.2) is 0 Å². The van der Waals surface area contributed by atoms with Crippen LogP contribution in [-0.4, -0.2) is 41.2 Å². The maximum Gasteiger partial charge on any atom is 0.242 e. The van der Waals surface area contributed by atoms with Gasteiger partial charge in [0.15, 0.2) is 5.43 Å². The van der Waals surface area contributed by atoms with Crippen molar-refractivity contribution in [1.82, 2.24) is 9.47 Å². The molecular weight excluding hydrogens is 316 g/mol. The van der Waals surface area contributed by atoms with Crippen LogP contribution in [0, 0.1) is 0 Å².